The van der Waals surface area contributed by atoms with E-state index in [4.69, 9.17) is 4.74 Å². The van der Waals surface area contributed by atoms with Crippen LogP contribution in [0.3, 0.4) is 0 Å². The second-order valence-electron chi connectivity index (χ2n) is 5.96. The van der Waals surface area contributed by atoms with Crippen molar-refractivity contribution < 1.29 is 27.5 Å². The minimum absolute atomic E-state index is 0.296. The third-order valence-electron chi connectivity index (χ3n) is 4.06. The summed E-state index contributed by atoms with van der Waals surface area (Å²) in [7, 11) is 0. The summed E-state index contributed by atoms with van der Waals surface area (Å²) in [4.78, 5) is 23.8. The SMILES string of the molecule is N#CC1(NC(=O)COC(=O)c2cccc(C(F)(F)F)c2)CCCCC1. The number of benzene rings is 1. The molecule has 1 aromatic rings. The number of carbonyl (C=O) groups is 2. The maximum atomic E-state index is 12.6. The Kier molecular flexibility index (Phi) is 5.67. The van der Waals surface area contributed by atoms with E-state index in [1.807, 2.05) is 0 Å². The fraction of sp³-hybridized carbons (Fsp3) is 0.471. The largest absolute Gasteiger partial charge is 0.452 e. The first-order valence-corrected chi connectivity index (χ1v) is 7.82. The molecule has 1 amide bonds. The number of carbonyl (C=O) groups excluding carboxylic acids is 2. The Hall–Kier alpha value is -2.56. The highest BCUT2D eigenvalue weighted by Gasteiger charge is 2.34. The summed E-state index contributed by atoms with van der Waals surface area (Å²) in [6.45, 7) is -0.654. The van der Waals surface area contributed by atoms with E-state index in [-0.39, 0.29) is 5.56 Å². The van der Waals surface area contributed by atoms with Crippen molar-refractivity contribution in [3.63, 3.8) is 0 Å². The van der Waals surface area contributed by atoms with Gasteiger partial charge in [0.15, 0.2) is 6.61 Å². The van der Waals surface area contributed by atoms with Crippen molar-refractivity contribution in [2.24, 2.45) is 0 Å². The first-order chi connectivity index (χ1) is 11.8. The average Bonchev–Trinajstić information content (AvgIpc) is 2.60. The van der Waals surface area contributed by atoms with Crippen LogP contribution in [0, 0.1) is 11.3 Å². The molecule has 0 unspecified atom stereocenters. The predicted molar refractivity (Wildman–Crippen MR) is 81.3 cm³/mol. The first-order valence-electron chi connectivity index (χ1n) is 7.82. The number of halogens is 3. The van der Waals surface area contributed by atoms with Crippen LogP contribution in [0.1, 0.15) is 48.0 Å². The van der Waals surface area contributed by atoms with Crippen LogP contribution in [0.2, 0.25) is 0 Å². The highest BCUT2D eigenvalue weighted by molar-refractivity contribution is 5.91. The molecule has 0 aliphatic heterocycles. The number of esters is 1. The van der Waals surface area contributed by atoms with Gasteiger partial charge in [0.2, 0.25) is 0 Å². The van der Waals surface area contributed by atoms with Crippen molar-refractivity contribution in [2.75, 3.05) is 6.61 Å². The van der Waals surface area contributed by atoms with Crippen LogP contribution in [-0.2, 0) is 15.7 Å². The van der Waals surface area contributed by atoms with Crippen LogP contribution in [0.25, 0.3) is 0 Å². The van der Waals surface area contributed by atoms with Crippen LogP contribution in [0.15, 0.2) is 24.3 Å². The van der Waals surface area contributed by atoms with Crippen molar-refractivity contribution in [1.82, 2.24) is 5.32 Å². The minimum Gasteiger partial charge on any atom is -0.452 e. The second-order valence-corrected chi connectivity index (χ2v) is 5.96. The van der Waals surface area contributed by atoms with Crippen molar-refractivity contribution in [3.05, 3.63) is 35.4 Å². The molecule has 1 aliphatic carbocycles. The maximum absolute atomic E-state index is 12.6. The van der Waals surface area contributed by atoms with Gasteiger partial charge in [-0.3, -0.25) is 4.79 Å². The van der Waals surface area contributed by atoms with E-state index in [2.05, 4.69) is 11.4 Å². The van der Waals surface area contributed by atoms with Crippen LogP contribution in [0.4, 0.5) is 13.2 Å². The van der Waals surface area contributed by atoms with Gasteiger partial charge in [0.1, 0.15) is 5.54 Å². The molecule has 5 nitrogen and oxygen atoms in total. The zero-order chi connectivity index (χ0) is 18.5. The van der Waals surface area contributed by atoms with Crippen LogP contribution in [0.5, 0.6) is 0 Å². The zero-order valence-electron chi connectivity index (χ0n) is 13.4. The highest BCUT2D eigenvalue weighted by atomic mass is 19.4. The van der Waals surface area contributed by atoms with Gasteiger partial charge in [-0.15, -0.1) is 0 Å². The van der Waals surface area contributed by atoms with Crippen molar-refractivity contribution in [3.8, 4) is 6.07 Å². The van der Waals surface area contributed by atoms with Crippen LogP contribution < -0.4 is 5.32 Å². The molecule has 0 bridgehead atoms. The number of alkyl halides is 3. The molecule has 1 saturated carbocycles. The molecular weight excluding hydrogens is 337 g/mol. The standard InChI is InChI=1S/C17H17F3N2O3/c18-17(19,20)13-6-4-5-12(9-13)15(24)25-10-14(23)22-16(11-21)7-2-1-3-8-16/h4-6,9H,1-3,7-8,10H2,(H,22,23). The van der Waals surface area contributed by atoms with Gasteiger partial charge in [0, 0.05) is 0 Å². The molecule has 1 fully saturated rings. The van der Waals surface area contributed by atoms with Crippen LogP contribution >= 0.6 is 0 Å². The van der Waals surface area contributed by atoms with Gasteiger partial charge in [0.25, 0.3) is 5.91 Å². The van der Waals surface area contributed by atoms with Gasteiger partial charge in [-0.2, -0.15) is 18.4 Å². The molecule has 0 spiro atoms. The topological polar surface area (TPSA) is 79.2 Å². The molecule has 2 rings (SSSR count). The molecule has 0 saturated heterocycles. The third kappa shape index (κ3) is 4.95. The second kappa shape index (κ2) is 7.55. The molecule has 1 N–H and O–H groups in total. The number of amides is 1. The number of nitrogens with zero attached hydrogens (tertiary/aromatic N) is 1. The van der Waals surface area contributed by atoms with E-state index in [0.29, 0.717) is 18.9 Å². The quantitative estimate of drug-likeness (QED) is 0.842. The molecule has 1 aliphatic rings. The van der Waals surface area contributed by atoms with Gasteiger partial charge in [0.05, 0.1) is 17.2 Å². The molecule has 134 valence electrons. The number of nitriles is 1. The number of nitrogens with one attached hydrogen (secondary N) is 1. The lowest BCUT2D eigenvalue weighted by Gasteiger charge is -2.31. The molecular formula is C17H17F3N2O3. The van der Waals surface area contributed by atoms with E-state index >= 15 is 0 Å². The lowest BCUT2D eigenvalue weighted by atomic mass is 9.83. The monoisotopic (exact) mass is 354 g/mol. The molecule has 1 aromatic carbocycles. The lowest BCUT2D eigenvalue weighted by molar-refractivity contribution is -0.137. The van der Waals surface area contributed by atoms with E-state index in [0.717, 1.165) is 31.4 Å². The summed E-state index contributed by atoms with van der Waals surface area (Å²) < 4.78 is 42.7. The Morgan fingerprint density at radius 3 is 2.52 bits per heavy atom. The summed E-state index contributed by atoms with van der Waals surface area (Å²) in [5.41, 5.74) is -2.23. The zero-order valence-corrected chi connectivity index (χ0v) is 13.4. The minimum atomic E-state index is -4.58. The van der Waals surface area contributed by atoms with Crippen molar-refractivity contribution >= 4 is 11.9 Å². The van der Waals surface area contributed by atoms with Gasteiger partial charge < -0.3 is 10.1 Å². The van der Waals surface area contributed by atoms with E-state index in [1.54, 1.807) is 0 Å². The normalized spacial score (nSPS) is 16.6. The summed E-state index contributed by atoms with van der Waals surface area (Å²) in [5.74, 6) is -1.68. The molecule has 0 heterocycles. The fourth-order valence-electron chi connectivity index (χ4n) is 2.76. The van der Waals surface area contributed by atoms with Crippen molar-refractivity contribution in [1.29, 1.82) is 5.26 Å². The number of rotatable bonds is 4. The van der Waals surface area contributed by atoms with E-state index in [1.165, 1.54) is 6.07 Å². The van der Waals surface area contributed by atoms with Crippen molar-refractivity contribution in [2.45, 2.75) is 43.8 Å². The van der Waals surface area contributed by atoms with E-state index < -0.39 is 35.8 Å². The molecule has 0 atom stereocenters. The van der Waals surface area contributed by atoms with E-state index in [9.17, 15) is 28.0 Å². The lowest BCUT2D eigenvalue weighted by Crippen LogP contribution is -2.50. The molecule has 8 heteroatoms. The smallest absolute Gasteiger partial charge is 0.416 e. The fourth-order valence-corrected chi connectivity index (χ4v) is 2.76. The Morgan fingerprint density at radius 1 is 1.24 bits per heavy atom. The van der Waals surface area contributed by atoms with Gasteiger partial charge in [-0.05, 0) is 31.0 Å². The molecule has 0 radical (unpaired) electrons. The van der Waals surface area contributed by atoms with Gasteiger partial charge in [-0.1, -0.05) is 25.3 Å². The Morgan fingerprint density at radius 2 is 1.92 bits per heavy atom. The Labute approximate surface area is 142 Å². The molecule has 25 heavy (non-hydrogen) atoms. The summed E-state index contributed by atoms with van der Waals surface area (Å²) in [6, 6.07) is 5.86. The number of hydrogen-bond donors (Lipinski definition) is 1. The Bertz CT molecular complexity index is 689. The maximum Gasteiger partial charge on any atom is 0.416 e. The third-order valence-corrected chi connectivity index (χ3v) is 4.06. The summed E-state index contributed by atoms with van der Waals surface area (Å²) >= 11 is 0. The average molecular weight is 354 g/mol. The number of ether oxygens (including phenoxy) is 1. The first kappa shape index (κ1) is 18.8. The summed E-state index contributed by atoms with van der Waals surface area (Å²) in [6.07, 6.45) is -0.902. The van der Waals surface area contributed by atoms with Gasteiger partial charge >= 0.3 is 12.1 Å². The molecule has 0 aromatic heterocycles. The van der Waals surface area contributed by atoms with Crippen LogP contribution in [-0.4, -0.2) is 24.0 Å². The highest BCUT2D eigenvalue weighted by Crippen LogP contribution is 2.30. The summed E-state index contributed by atoms with van der Waals surface area (Å²) in [5, 5.41) is 11.8. The number of hydrogen-bond acceptors (Lipinski definition) is 4. The Balaban J connectivity index is 1.93. The van der Waals surface area contributed by atoms with Gasteiger partial charge in [-0.25, -0.2) is 4.79 Å². The predicted octanol–water partition coefficient (Wildman–Crippen LogP) is 3.20.